The number of nitrogens with zero attached hydrogens (tertiary/aromatic N) is 1. The SMILES string of the molecule is Cc1cc(OCc2ccc3c(n2)NCC3)cc2c1C(=O)CO2. The zero-order valence-corrected chi connectivity index (χ0v) is 12.3. The van der Waals surface area contributed by atoms with Crippen LogP contribution < -0.4 is 14.8 Å². The van der Waals surface area contributed by atoms with Gasteiger partial charge in [-0.2, -0.15) is 0 Å². The van der Waals surface area contributed by atoms with E-state index in [0.29, 0.717) is 23.7 Å². The van der Waals surface area contributed by atoms with Crippen molar-refractivity contribution in [3.63, 3.8) is 0 Å². The van der Waals surface area contributed by atoms with E-state index in [9.17, 15) is 4.79 Å². The number of carbonyl (C=O) groups excluding carboxylic acids is 1. The predicted octanol–water partition coefficient (Wildman–Crippen LogP) is 2.51. The largest absolute Gasteiger partial charge is 0.487 e. The lowest BCUT2D eigenvalue weighted by atomic mass is 10.1. The Morgan fingerprint density at radius 3 is 3.18 bits per heavy atom. The summed E-state index contributed by atoms with van der Waals surface area (Å²) in [7, 11) is 0. The lowest BCUT2D eigenvalue weighted by Crippen LogP contribution is -2.02. The van der Waals surface area contributed by atoms with Gasteiger partial charge in [0.05, 0.1) is 11.3 Å². The summed E-state index contributed by atoms with van der Waals surface area (Å²) in [5.74, 6) is 2.30. The van der Waals surface area contributed by atoms with E-state index in [1.807, 2.05) is 19.1 Å². The van der Waals surface area contributed by atoms with Crippen molar-refractivity contribution in [3.05, 3.63) is 46.6 Å². The molecule has 5 heteroatoms. The summed E-state index contributed by atoms with van der Waals surface area (Å²) in [5.41, 5.74) is 3.69. The average Bonchev–Trinajstić information content (AvgIpc) is 3.11. The molecule has 2 aliphatic rings. The first-order valence-electron chi connectivity index (χ1n) is 7.37. The second-order valence-electron chi connectivity index (χ2n) is 5.60. The first-order chi connectivity index (χ1) is 10.7. The molecule has 0 saturated heterocycles. The van der Waals surface area contributed by atoms with E-state index in [-0.39, 0.29) is 12.4 Å². The number of ether oxygens (including phenoxy) is 2. The molecular formula is C17H16N2O3. The van der Waals surface area contributed by atoms with Gasteiger partial charge in [-0.3, -0.25) is 4.79 Å². The van der Waals surface area contributed by atoms with Gasteiger partial charge in [0, 0.05) is 12.6 Å². The van der Waals surface area contributed by atoms with Crippen molar-refractivity contribution in [2.75, 3.05) is 18.5 Å². The van der Waals surface area contributed by atoms with Crippen LogP contribution >= 0.6 is 0 Å². The molecule has 4 rings (SSSR count). The second kappa shape index (κ2) is 5.02. The molecule has 5 nitrogen and oxygen atoms in total. The molecule has 0 atom stereocenters. The van der Waals surface area contributed by atoms with Crippen molar-refractivity contribution < 1.29 is 14.3 Å². The molecule has 0 spiro atoms. The van der Waals surface area contributed by atoms with Gasteiger partial charge in [0.25, 0.3) is 0 Å². The van der Waals surface area contributed by atoms with Crippen molar-refractivity contribution in [2.24, 2.45) is 0 Å². The number of hydrogen-bond donors (Lipinski definition) is 1. The molecule has 0 aliphatic carbocycles. The van der Waals surface area contributed by atoms with Crippen molar-refractivity contribution in [2.45, 2.75) is 20.0 Å². The van der Waals surface area contributed by atoms with Gasteiger partial charge < -0.3 is 14.8 Å². The molecule has 1 aromatic carbocycles. The van der Waals surface area contributed by atoms with Crippen LogP contribution in [-0.4, -0.2) is 23.9 Å². The Morgan fingerprint density at radius 1 is 1.36 bits per heavy atom. The van der Waals surface area contributed by atoms with Gasteiger partial charge in [0.1, 0.15) is 23.9 Å². The molecular weight excluding hydrogens is 280 g/mol. The van der Waals surface area contributed by atoms with Crippen LogP contribution in [0, 0.1) is 6.92 Å². The lowest BCUT2D eigenvalue weighted by Gasteiger charge is -2.10. The molecule has 112 valence electrons. The van der Waals surface area contributed by atoms with Crippen LogP contribution in [0.25, 0.3) is 0 Å². The maximum Gasteiger partial charge on any atom is 0.204 e. The highest BCUT2D eigenvalue weighted by Crippen LogP contribution is 2.33. The lowest BCUT2D eigenvalue weighted by molar-refractivity contribution is 0.0960. The Kier molecular flexibility index (Phi) is 2.99. The normalized spacial score (nSPS) is 15.0. The number of hydrogen-bond acceptors (Lipinski definition) is 5. The van der Waals surface area contributed by atoms with Crippen molar-refractivity contribution >= 4 is 11.6 Å². The molecule has 0 bridgehead atoms. The number of aromatic nitrogens is 1. The third-order valence-corrected chi connectivity index (χ3v) is 4.02. The Labute approximate surface area is 128 Å². The second-order valence-corrected chi connectivity index (χ2v) is 5.60. The van der Waals surface area contributed by atoms with Crippen LogP contribution in [0.5, 0.6) is 11.5 Å². The van der Waals surface area contributed by atoms with Gasteiger partial charge in [-0.1, -0.05) is 6.07 Å². The van der Waals surface area contributed by atoms with Gasteiger partial charge in [-0.05, 0) is 36.6 Å². The Bertz CT molecular complexity index is 771. The number of fused-ring (bicyclic) bond motifs is 2. The summed E-state index contributed by atoms with van der Waals surface area (Å²) in [6, 6.07) is 7.73. The number of nitrogens with one attached hydrogen (secondary N) is 1. The van der Waals surface area contributed by atoms with Crippen molar-refractivity contribution in [1.82, 2.24) is 4.98 Å². The maximum absolute atomic E-state index is 11.7. The third-order valence-electron chi connectivity index (χ3n) is 4.02. The monoisotopic (exact) mass is 296 g/mol. The minimum atomic E-state index is 0.0328. The molecule has 3 heterocycles. The van der Waals surface area contributed by atoms with E-state index in [1.54, 1.807) is 6.07 Å². The van der Waals surface area contributed by atoms with E-state index < -0.39 is 0 Å². The average molecular weight is 296 g/mol. The number of Topliss-reactive ketones (excluding diaryl/α,β-unsaturated/α-hetero) is 1. The summed E-state index contributed by atoms with van der Waals surface area (Å²) >= 11 is 0. The topological polar surface area (TPSA) is 60.5 Å². The van der Waals surface area contributed by atoms with E-state index >= 15 is 0 Å². The fourth-order valence-electron chi connectivity index (χ4n) is 2.93. The molecule has 22 heavy (non-hydrogen) atoms. The molecule has 0 unspecified atom stereocenters. The minimum Gasteiger partial charge on any atom is -0.487 e. The van der Waals surface area contributed by atoms with Gasteiger partial charge >= 0.3 is 0 Å². The molecule has 2 aromatic rings. The van der Waals surface area contributed by atoms with Crippen LogP contribution in [0.2, 0.25) is 0 Å². The summed E-state index contributed by atoms with van der Waals surface area (Å²) in [4.78, 5) is 16.3. The zero-order chi connectivity index (χ0) is 15.1. The minimum absolute atomic E-state index is 0.0328. The highest BCUT2D eigenvalue weighted by Gasteiger charge is 2.24. The number of carbonyl (C=O) groups is 1. The predicted molar refractivity (Wildman–Crippen MR) is 81.8 cm³/mol. The summed E-state index contributed by atoms with van der Waals surface area (Å²) < 4.78 is 11.2. The summed E-state index contributed by atoms with van der Waals surface area (Å²) in [6.07, 6.45) is 1.03. The molecule has 0 fully saturated rings. The quantitative estimate of drug-likeness (QED) is 0.943. The van der Waals surface area contributed by atoms with E-state index in [2.05, 4.69) is 16.4 Å². The Hall–Kier alpha value is -2.56. The Balaban J connectivity index is 1.53. The fraction of sp³-hybridized carbons (Fsp3) is 0.294. The fourth-order valence-corrected chi connectivity index (χ4v) is 2.93. The van der Waals surface area contributed by atoms with Crippen LogP contribution in [0.3, 0.4) is 0 Å². The molecule has 1 N–H and O–H groups in total. The van der Waals surface area contributed by atoms with Crippen LogP contribution in [0.1, 0.15) is 27.2 Å². The summed E-state index contributed by atoms with van der Waals surface area (Å²) in [6.45, 7) is 3.36. The van der Waals surface area contributed by atoms with Crippen LogP contribution in [0.15, 0.2) is 24.3 Å². The van der Waals surface area contributed by atoms with Gasteiger partial charge in [-0.25, -0.2) is 4.98 Å². The highest BCUT2D eigenvalue weighted by atomic mass is 16.5. The van der Waals surface area contributed by atoms with E-state index in [0.717, 1.165) is 30.0 Å². The number of pyridine rings is 1. The number of benzene rings is 1. The van der Waals surface area contributed by atoms with Crippen LogP contribution in [0.4, 0.5) is 5.82 Å². The number of ketones is 1. The molecule has 2 aliphatic heterocycles. The van der Waals surface area contributed by atoms with Crippen molar-refractivity contribution in [3.8, 4) is 11.5 Å². The summed E-state index contributed by atoms with van der Waals surface area (Å²) in [5, 5.41) is 3.26. The first kappa shape index (κ1) is 13.1. The molecule has 0 amide bonds. The highest BCUT2D eigenvalue weighted by molar-refractivity contribution is 6.03. The third kappa shape index (κ3) is 2.19. The molecule has 0 radical (unpaired) electrons. The smallest absolute Gasteiger partial charge is 0.204 e. The maximum atomic E-state index is 11.7. The first-order valence-corrected chi connectivity index (χ1v) is 7.37. The number of anilines is 1. The molecule has 0 saturated carbocycles. The zero-order valence-electron chi connectivity index (χ0n) is 12.3. The van der Waals surface area contributed by atoms with Gasteiger partial charge in [0.15, 0.2) is 6.61 Å². The van der Waals surface area contributed by atoms with E-state index in [1.165, 1.54) is 5.56 Å². The number of aryl methyl sites for hydroxylation is 1. The van der Waals surface area contributed by atoms with Gasteiger partial charge in [0.2, 0.25) is 5.78 Å². The number of rotatable bonds is 3. The van der Waals surface area contributed by atoms with Crippen molar-refractivity contribution in [1.29, 1.82) is 0 Å². The van der Waals surface area contributed by atoms with Gasteiger partial charge in [-0.15, -0.1) is 0 Å². The van der Waals surface area contributed by atoms with Crippen LogP contribution in [-0.2, 0) is 13.0 Å². The standard InChI is InChI=1S/C17H16N2O3/c1-10-6-13(7-15-16(10)14(20)9-22-15)21-8-12-3-2-11-4-5-18-17(11)19-12/h2-3,6-7H,4-5,8-9H2,1H3,(H,18,19). The molecule has 1 aromatic heterocycles. The van der Waals surface area contributed by atoms with E-state index in [4.69, 9.17) is 9.47 Å². The Morgan fingerprint density at radius 2 is 2.27 bits per heavy atom.